The Bertz CT molecular complexity index is 277. The molecule has 13 heavy (non-hydrogen) atoms. The lowest BCUT2D eigenvalue weighted by Crippen LogP contribution is -2.38. The van der Waals surface area contributed by atoms with Crippen LogP contribution in [0, 0.1) is 5.92 Å². The van der Waals surface area contributed by atoms with Gasteiger partial charge >= 0.3 is 0 Å². The summed E-state index contributed by atoms with van der Waals surface area (Å²) in [5.41, 5.74) is 6.83. The van der Waals surface area contributed by atoms with E-state index in [1.165, 1.54) is 0 Å². The summed E-state index contributed by atoms with van der Waals surface area (Å²) in [6.07, 6.45) is 1.74. The summed E-state index contributed by atoms with van der Waals surface area (Å²) in [5.74, 6) is 0.371. The highest BCUT2D eigenvalue weighted by Gasteiger charge is 2.25. The summed E-state index contributed by atoms with van der Waals surface area (Å²) in [5, 5.41) is 0.503. The monoisotopic (exact) mass is 198 g/mol. The highest BCUT2D eigenvalue weighted by atomic mass is 35.5. The first kappa shape index (κ1) is 10.5. The van der Waals surface area contributed by atoms with E-state index in [2.05, 4.69) is 18.8 Å². The lowest BCUT2D eigenvalue weighted by molar-refractivity contribution is 0.349. The van der Waals surface area contributed by atoms with Crippen LogP contribution in [0.2, 0.25) is 5.15 Å². The van der Waals surface area contributed by atoms with Gasteiger partial charge in [-0.3, -0.25) is 0 Å². The molecule has 0 saturated heterocycles. The minimum atomic E-state index is -0.336. The third-order valence-electron chi connectivity index (χ3n) is 2.55. The fourth-order valence-corrected chi connectivity index (χ4v) is 1.14. The minimum absolute atomic E-state index is 0.336. The number of nitrogens with zero attached hydrogens (tertiary/aromatic N) is 1. The van der Waals surface area contributed by atoms with Gasteiger partial charge in [-0.15, -0.1) is 0 Å². The minimum Gasteiger partial charge on any atom is -0.321 e. The van der Waals surface area contributed by atoms with Crippen LogP contribution in [0.25, 0.3) is 0 Å². The standard InChI is InChI=1S/C10H15ClN2/c1-7(2)10(3,12)8-4-5-9(11)13-6-8/h4-7H,12H2,1-3H3/t10-/m0/s1. The third-order valence-corrected chi connectivity index (χ3v) is 2.77. The summed E-state index contributed by atoms with van der Waals surface area (Å²) < 4.78 is 0. The van der Waals surface area contributed by atoms with Crippen LogP contribution in [0.5, 0.6) is 0 Å². The van der Waals surface area contributed by atoms with Crippen LogP contribution in [0.15, 0.2) is 18.3 Å². The molecule has 0 amide bonds. The molecule has 2 nitrogen and oxygen atoms in total. The number of rotatable bonds is 2. The summed E-state index contributed by atoms with van der Waals surface area (Å²) >= 11 is 5.69. The number of hydrogen-bond donors (Lipinski definition) is 1. The van der Waals surface area contributed by atoms with Gasteiger partial charge in [-0.1, -0.05) is 31.5 Å². The second kappa shape index (κ2) is 3.64. The molecule has 0 spiro atoms. The second-order valence-electron chi connectivity index (χ2n) is 3.81. The van der Waals surface area contributed by atoms with Gasteiger partial charge in [0.05, 0.1) is 0 Å². The quantitative estimate of drug-likeness (QED) is 0.742. The maximum Gasteiger partial charge on any atom is 0.129 e. The SMILES string of the molecule is CC(C)[C@](C)(N)c1ccc(Cl)nc1. The fraction of sp³-hybridized carbons (Fsp3) is 0.500. The molecular weight excluding hydrogens is 184 g/mol. The van der Waals surface area contributed by atoms with Gasteiger partial charge in [0.2, 0.25) is 0 Å². The lowest BCUT2D eigenvalue weighted by atomic mass is 9.84. The van der Waals surface area contributed by atoms with Gasteiger partial charge < -0.3 is 5.73 Å². The van der Waals surface area contributed by atoms with Crippen molar-refractivity contribution in [1.82, 2.24) is 4.98 Å². The first-order valence-corrected chi connectivity index (χ1v) is 4.73. The van der Waals surface area contributed by atoms with E-state index in [0.717, 1.165) is 5.56 Å². The van der Waals surface area contributed by atoms with E-state index < -0.39 is 0 Å². The molecule has 1 aromatic rings. The molecule has 1 heterocycles. The van der Waals surface area contributed by atoms with Crippen LogP contribution >= 0.6 is 11.6 Å². The fourth-order valence-electron chi connectivity index (χ4n) is 1.03. The Labute approximate surface area is 84.1 Å². The number of halogens is 1. The van der Waals surface area contributed by atoms with Crippen molar-refractivity contribution < 1.29 is 0 Å². The average Bonchev–Trinajstić information content (AvgIpc) is 2.04. The Morgan fingerprint density at radius 1 is 1.46 bits per heavy atom. The van der Waals surface area contributed by atoms with Crippen molar-refractivity contribution in [2.45, 2.75) is 26.3 Å². The summed E-state index contributed by atoms with van der Waals surface area (Å²) in [4.78, 5) is 4.01. The first-order valence-electron chi connectivity index (χ1n) is 4.35. The highest BCUT2D eigenvalue weighted by Crippen LogP contribution is 2.25. The first-order chi connectivity index (χ1) is 5.94. The molecule has 0 radical (unpaired) electrons. The van der Waals surface area contributed by atoms with Crippen LogP contribution in [0.1, 0.15) is 26.3 Å². The number of hydrogen-bond acceptors (Lipinski definition) is 2. The molecule has 0 fully saturated rings. The Hall–Kier alpha value is -0.600. The van der Waals surface area contributed by atoms with Gasteiger partial charge in [-0.05, 0) is 24.5 Å². The molecular formula is C10H15ClN2. The molecule has 1 atom stereocenters. The van der Waals surface area contributed by atoms with Gasteiger partial charge in [0.1, 0.15) is 5.15 Å². The smallest absolute Gasteiger partial charge is 0.129 e. The molecule has 0 aliphatic heterocycles. The summed E-state index contributed by atoms with van der Waals surface area (Å²) in [6.45, 7) is 6.19. The van der Waals surface area contributed by atoms with E-state index in [4.69, 9.17) is 17.3 Å². The zero-order valence-electron chi connectivity index (χ0n) is 8.21. The van der Waals surface area contributed by atoms with Crippen LogP contribution in [-0.4, -0.2) is 4.98 Å². The van der Waals surface area contributed by atoms with Crippen molar-refractivity contribution in [3.8, 4) is 0 Å². The van der Waals surface area contributed by atoms with E-state index in [9.17, 15) is 0 Å². The number of nitrogens with two attached hydrogens (primary N) is 1. The van der Waals surface area contributed by atoms with Gasteiger partial charge in [0, 0.05) is 11.7 Å². The topological polar surface area (TPSA) is 38.9 Å². The lowest BCUT2D eigenvalue weighted by Gasteiger charge is -2.29. The predicted octanol–water partition coefficient (Wildman–Crippen LogP) is 2.56. The van der Waals surface area contributed by atoms with E-state index in [1.54, 1.807) is 12.3 Å². The molecule has 1 rings (SSSR count). The zero-order valence-corrected chi connectivity index (χ0v) is 8.97. The molecule has 3 heteroatoms. The Morgan fingerprint density at radius 2 is 2.08 bits per heavy atom. The van der Waals surface area contributed by atoms with Crippen molar-refractivity contribution in [2.24, 2.45) is 11.7 Å². The number of pyridine rings is 1. The molecule has 0 aromatic carbocycles. The van der Waals surface area contributed by atoms with E-state index in [1.807, 2.05) is 13.0 Å². The van der Waals surface area contributed by atoms with Crippen LogP contribution in [-0.2, 0) is 5.54 Å². The second-order valence-corrected chi connectivity index (χ2v) is 4.19. The Morgan fingerprint density at radius 3 is 2.46 bits per heavy atom. The van der Waals surface area contributed by atoms with E-state index >= 15 is 0 Å². The zero-order chi connectivity index (χ0) is 10.1. The van der Waals surface area contributed by atoms with Gasteiger partial charge in [-0.25, -0.2) is 4.98 Å². The average molecular weight is 199 g/mol. The van der Waals surface area contributed by atoms with Crippen molar-refractivity contribution in [3.63, 3.8) is 0 Å². The third kappa shape index (κ3) is 2.20. The van der Waals surface area contributed by atoms with E-state index in [0.29, 0.717) is 11.1 Å². The Balaban J connectivity index is 3.01. The maximum atomic E-state index is 6.15. The summed E-state index contributed by atoms with van der Waals surface area (Å²) in [6, 6.07) is 3.69. The Kier molecular flexibility index (Phi) is 2.94. The number of aromatic nitrogens is 1. The maximum absolute atomic E-state index is 6.15. The molecule has 72 valence electrons. The molecule has 1 aromatic heterocycles. The molecule has 0 aliphatic rings. The van der Waals surface area contributed by atoms with Crippen molar-refractivity contribution in [3.05, 3.63) is 29.0 Å². The van der Waals surface area contributed by atoms with Gasteiger partial charge in [0.15, 0.2) is 0 Å². The van der Waals surface area contributed by atoms with Crippen molar-refractivity contribution >= 4 is 11.6 Å². The molecule has 2 N–H and O–H groups in total. The molecule has 0 aliphatic carbocycles. The van der Waals surface area contributed by atoms with Crippen LogP contribution < -0.4 is 5.73 Å². The summed E-state index contributed by atoms with van der Waals surface area (Å²) in [7, 11) is 0. The highest BCUT2D eigenvalue weighted by molar-refractivity contribution is 6.29. The normalized spacial score (nSPS) is 15.8. The van der Waals surface area contributed by atoms with Crippen molar-refractivity contribution in [1.29, 1.82) is 0 Å². The van der Waals surface area contributed by atoms with Crippen molar-refractivity contribution in [2.75, 3.05) is 0 Å². The molecule has 0 bridgehead atoms. The predicted molar refractivity (Wildman–Crippen MR) is 55.6 cm³/mol. The van der Waals surface area contributed by atoms with Crippen LogP contribution in [0.3, 0.4) is 0 Å². The van der Waals surface area contributed by atoms with Gasteiger partial charge in [-0.2, -0.15) is 0 Å². The van der Waals surface area contributed by atoms with Crippen LogP contribution in [0.4, 0.5) is 0 Å². The molecule has 0 unspecified atom stereocenters. The molecule has 0 saturated carbocycles. The van der Waals surface area contributed by atoms with E-state index in [-0.39, 0.29) is 5.54 Å². The van der Waals surface area contributed by atoms with Gasteiger partial charge in [0.25, 0.3) is 0 Å². The largest absolute Gasteiger partial charge is 0.321 e.